The lowest BCUT2D eigenvalue weighted by atomic mass is 10.0. The summed E-state index contributed by atoms with van der Waals surface area (Å²) in [5.74, 6) is 0.0557. The van der Waals surface area contributed by atoms with Crippen LogP contribution in [0.15, 0.2) is 45.8 Å². The van der Waals surface area contributed by atoms with Gasteiger partial charge in [0.15, 0.2) is 11.5 Å². The number of hydrogen-bond donors (Lipinski definition) is 3. The molecule has 0 saturated heterocycles. The van der Waals surface area contributed by atoms with Crippen LogP contribution < -0.4 is 4.72 Å². The highest BCUT2D eigenvalue weighted by atomic mass is 32.2. The van der Waals surface area contributed by atoms with E-state index >= 15 is 0 Å². The van der Waals surface area contributed by atoms with Gasteiger partial charge in [-0.05, 0) is 55.7 Å². The van der Waals surface area contributed by atoms with Gasteiger partial charge in [-0.15, -0.1) is 0 Å². The Bertz CT molecular complexity index is 1080. The topological polar surface area (TPSA) is 113 Å². The van der Waals surface area contributed by atoms with Gasteiger partial charge in [0.1, 0.15) is 5.76 Å². The van der Waals surface area contributed by atoms with Crippen LogP contribution >= 0.6 is 0 Å². The molecule has 0 amide bonds. The summed E-state index contributed by atoms with van der Waals surface area (Å²) in [6, 6.07) is 9.32. The van der Waals surface area contributed by atoms with Crippen LogP contribution in [0.5, 0.6) is 11.5 Å². The Balaban J connectivity index is 1.92. The van der Waals surface area contributed by atoms with E-state index in [9.17, 15) is 18.6 Å². The number of benzene rings is 2. The zero-order valence-electron chi connectivity index (χ0n) is 15.1. The van der Waals surface area contributed by atoms with Crippen LogP contribution in [-0.2, 0) is 16.6 Å². The maximum Gasteiger partial charge on any atom is 0.241 e. The second-order valence-corrected chi connectivity index (χ2v) is 8.06. The van der Waals surface area contributed by atoms with Crippen molar-refractivity contribution >= 4 is 10.0 Å². The van der Waals surface area contributed by atoms with Crippen LogP contribution in [0.25, 0.3) is 11.1 Å². The van der Waals surface area contributed by atoms with Crippen molar-refractivity contribution in [3.8, 4) is 22.6 Å². The average Bonchev–Trinajstić information content (AvgIpc) is 2.95. The van der Waals surface area contributed by atoms with Crippen LogP contribution in [0.3, 0.4) is 0 Å². The summed E-state index contributed by atoms with van der Waals surface area (Å²) in [7, 11) is -3.80. The number of aryl methyl sites for hydroxylation is 3. The van der Waals surface area contributed by atoms with E-state index in [1.807, 2.05) is 6.07 Å². The molecule has 3 rings (SSSR count). The van der Waals surface area contributed by atoms with Gasteiger partial charge in [0.25, 0.3) is 0 Å². The van der Waals surface area contributed by atoms with E-state index in [0.717, 1.165) is 5.56 Å². The second-order valence-electron chi connectivity index (χ2n) is 6.33. The number of sulfonamides is 1. The first-order valence-electron chi connectivity index (χ1n) is 8.23. The molecule has 0 fully saturated rings. The highest BCUT2D eigenvalue weighted by Crippen LogP contribution is 2.30. The van der Waals surface area contributed by atoms with Gasteiger partial charge in [0.2, 0.25) is 10.0 Å². The predicted octanol–water partition coefficient (Wildman–Crippen LogP) is 3.16. The first-order chi connectivity index (χ1) is 12.7. The van der Waals surface area contributed by atoms with Gasteiger partial charge in [-0.2, -0.15) is 0 Å². The number of nitrogens with one attached hydrogen (secondary N) is 1. The predicted molar refractivity (Wildman–Crippen MR) is 99.9 cm³/mol. The highest BCUT2D eigenvalue weighted by molar-refractivity contribution is 7.89. The number of nitrogens with zero attached hydrogens (tertiary/aromatic N) is 1. The minimum atomic E-state index is -3.80. The molecule has 0 aliphatic heterocycles. The molecule has 3 aromatic rings. The van der Waals surface area contributed by atoms with E-state index in [-0.39, 0.29) is 22.9 Å². The Morgan fingerprint density at radius 2 is 1.78 bits per heavy atom. The number of phenolic OH excluding ortho intramolecular Hbond substituents is 2. The number of hydrogen-bond acceptors (Lipinski definition) is 6. The van der Waals surface area contributed by atoms with Crippen LogP contribution in [0.4, 0.5) is 0 Å². The Morgan fingerprint density at radius 3 is 2.41 bits per heavy atom. The number of aromatic hydroxyl groups is 2. The van der Waals surface area contributed by atoms with Crippen molar-refractivity contribution in [2.24, 2.45) is 0 Å². The van der Waals surface area contributed by atoms with Crippen molar-refractivity contribution in [1.29, 1.82) is 0 Å². The summed E-state index contributed by atoms with van der Waals surface area (Å²) < 4.78 is 33.3. The van der Waals surface area contributed by atoms with Crippen molar-refractivity contribution in [3.63, 3.8) is 0 Å². The molecule has 0 aliphatic carbocycles. The van der Waals surface area contributed by atoms with Gasteiger partial charge < -0.3 is 14.7 Å². The molecule has 27 heavy (non-hydrogen) atoms. The first kappa shape index (κ1) is 18.9. The smallest absolute Gasteiger partial charge is 0.241 e. The molecule has 8 heteroatoms. The maximum atomic E-state index is 12.8. The summed E-state index contributed by atoms with van der Waals surface area (Å²) >= 11 is 0. The van der Waals surface area contributed by atoms with Crippen LogP contribution in [0.2, 0.25) is 0 Å². The lowest BCUT2D eigenvalue weighted by Crippen LogP contribution is -2.24. The van der Waals surface area contributed by atoms with E-state index < -0.39 is 10.0 Å². The van der Waals surface area contributed by atoms with Crippen molar-refractivity contribution in [3.05, 3.63) is 59.0 Å². The van der Waals surface area contributed by atoms with Gasteiger partial charge >= 0.3 is 0 Å². The minimum Gasteiger partial charge on any atom is -0.504 e. The largest absolute Gasteiger partial charge is 0.504 e. The molecular formula is C19H20N2O5S. The molecule has 142 valence electrons. The van der Waals surface area contributed by atoms with Crippen molar-refractivity contribution in [2.45, 2.75) is 32.2 Å². The Hall–Kier alpha value is -2.84. The third-order valence-corrected chi connectivity index (χ3v) is 5.85. The van der Waals surface area contributed by atoms with Gasteiger partial charge in [-0.3, -0.25) is 0 Å². The fourth-order valence-electron chi connectivity index (χ4n) is 2.88. The first-order valence-corrected chi connectivity index (χ1v) is 9.72. The summed E-state index contributed by atoms with van der Waals surface area (Å²) in [6.07, 6.45) is 0. The molecule has 1 heterocycles. The zero-order chi connectivity index (χ0) is 19.8. The second kappa shape index (κ2) is 7.05. The quantitative estimate of drug-likeness (QED) is 0.579. The molecule has 0 spiro atoms. The van der Waals surface area contributed by atoms with Crippen LogP contribution in [-0.4, -0.2) is 23.8 Å². The SMILES string of the molecule is Cc1ccc(-c2c(C)noc2C)cc1S(=O)(=O)NCc1ccc(O)c(O)c1. The van der Waals surface area contributed by atoms with Crippen molar-refractivity contribution in [1.82, 2.24) is 9.88 Å². The van der Waals surface area contributed by atoms with Gasteiger partial charge in [-0.25, -0.2) is 13.1 Å². The number of rotatable bonds is 5. The normalized spacial score (nSPS) is 11.7. The average molecular weight is 388 g/mol. The maximum absolute atomic E-state index is 12.8. The summed E-state index contributed by atoms with van der Waals surface area (Å²) in [5.41, 5.74) is 3.29. The monoisotopic (exact) mass is 388 g/mol. The fraction of sp³-hybridized carbons (Fsp3) is 0.211. The molecule has 0 unspecified atom stereocenters. The standard InChI is InChI=1S/C19H20N2O5S/c1-11-4-6-15(19-12(2)21-26-13(19)3)9-18(11)27(24,25)20-10-14-5-7-16(22)17(23)8-14/h4-9,20,22-23H,10H2,1-3H3. The van der Waals surface area contributed by atoms with Crippen molar-refractivity contribution < 1.29 is 23.2 Å². The lowest BCUT2D eigenvalue weighted by Gasteiger charge is -2.12. The lowest BCUT2D eigenvalue weighted by molar-refractivity contribution is 0.393. The molecule has 1 aromatic heterocycles. The number of aromatic nitrogens is 1. The summed E-state index contributed by atoms with van der Waals surface area (Å²) in [6.45, 7) is 5.28. The minimum absolute atomic E-state index is 0.0227. The third kappa shape index (κ3) is 3.81. The molecule has 7 nitrogen and oxygen atoms in total. The Labute approximate surface area is 157 Å². The zero-order valence-corrected chi connectivity index (χ0v) is 16.0. The Kier molecular flexibility index (Phi) is 4.95. The van der Waals surface area contributed by atoms with Crippen LogP contribution in [0.1, 0.15) is 22.6 Å². The van der Waals surface area contributed by atoms with Crippen LogP contribution in [0, 0.1) is 20.8 Å². The van der Waals surface area contributed by atoms with E-state index in [2.05, 4.69) is 9.88 Å². The highest BCUT2D eigenvalue weighted by Gasteiger charge is 2.20. The third-order valence-electron chi connectivity index (χ3n) is 4.31. The molecule has 0 radical (unpaired) electrons. The van der Waals surface area contributed by atoms with E-state index in [1.165, 1.54) is 18.2 Å². The van der Waals surface area contributed by atoms with E-state index in [4.69, 9.17) is 4.52 Å². The van der Waals surface area contributed by atoms with Gasteiger partial charge in [0.05, 0.1) is 10.6 Å². The van der Waals surface area contributed by atoms with Gasteiger partial charge in [0, 0.05) is 12.1 Å². The molecule has 2 aromatic carbocycles. The fourth-order valence-corrected chi connectivity index (χ4v) is 4.16. The molecule has 0 atom stereocenters. The Morgan fingerprint density at radius 1 is 1.04 bits per heavy atom. The number of phenols is 2. The molecule has 0 aliphatic rings. The molecular weight excluding hydrogens is 368 g/mol. The van der Waals surface area contributed by atoms with E-state index in [0.29, 0.717) is 28.1 Å². The molecule has 3 N–H and O–H groups in total. The van der Waals surface area contributed by atoms with E-state index in [1.54, 1.807) is 32.9 Å². The summed E-state index contributed by atoms with van der Waals surface area (Å²) in [4.78, 5) is 0.156. The van der Waals surface area contributed by atoms with Gasteiger partial charge in [-0.1, -0.05) is 23.4 Å². The molecule has 0 saturated carbocycles. The summed E-state index contributed by atoms with van der Waals surface area (Å²) in [5, 5.41) is 22.8. The molecule has 0 bridgehead atoms. The van der Waals surface area contributed by atoms with Crippen molar-refractivity contribution in [2.75, 3.05) is 0 Å².